The summed E-state index contributed by atoms with van der Waals surface area (Å²) in [6, 6.07) is 7.83. The van der Waals surface area contributed by atoms with Crippen molar-refractivity contribution in [3.8, 4) is 0 Å². The molecule has 0 saturated heterocycles. The fourth-order valence-corrected chi connectivity index (χ4v) is 3.45. The highest BCUT2D eigenvalue weighted by Crippen LogP contribution is 2.26. The molecule has 0 amide bonds. The van der Waals surface area contributed by atoms with Gasteiger partial charge in [0.1, 0.15) is 16.5 Å². The van der Waals surface area contributed by atoms with Gasteiger partial charge in [-0.15, -0.1) is 0 Å². The van der Waals surface area contributed by atoms with Gasteiger partial charge < -0.3 is 4.98 Å². The number of hydrogen-bond donors (Lipinski definition) is 2. The summed E-state index contributed by atoms with van der Waals surface area (Å²) in [5.41, 5.74) is 1.20. The summed E-state index contributed by atoms with van der Waals surface area (Å²) in [6.45, 7) is 1.88. The van der Waals surface area contributed by atoms with Gasteiger partial charge in [-0.25, -0.2) is 17.2 Å². The molecule has 2 N–H and O–H groups in total. The van der Waals surface area contributed by atoms with E-state index >= 15 is 0 Å². The van der Waals surface area contributed by atoms with E-state index in [4.69, 9.17) is 0 Å². The number of benzene rings is 2. The van der Waals surface area contributed by atoms with Crippen molar-refractivity contribution in [2.75, 3.05) is 4.72 Å². The number of aryl methyl sites for hydroxylation is 1. The minimum Gasteiger partial charge on any atom is -0.360 e. The predicted molar refractivity (Wildman–Crippen MR) is 80.2 cm³/mol. The van der Waals surface area contributed by atoms with Crippen molar-refractivity contribution in [3.05, 3.63) is 59.8 Å². The number of fused-ring (bicyclic) bond motifs is 1. The lowest BCUT2D eigenvalue weighted by molar-refractivity contribution is 0.595. The molecule has 0 aliphatic heterocycles. The van der Waals surface area contributed by atoms with Crippen molar-refractivity contribution in [1.82, 2.24) is 4.98 Å². The molecule has 7 heteroatoms. The number of aromatic nitrogens is 1. The SMILES string of the molecule is Cc1ccc2c(S(=O)(=O)Nc3cc(F)ccc3F)c[nH]c2c1. The lowest BCUT2D eigenvalue weighted by Crippen LogP contribution is -2.13. The Bertz CT molecular complexity index is 965. The van der Waals surface area contributed by atoms with Crippen LogP contribution in [0, 0.1) is 18.6 Å². The normalized spacial score (nSPS) is 11.8. The lowest BCUT2D eigenvalue weighted by atomic mass is 10.2. The molecule has 114 valence electrons. The first-order valence-electron chi connectivity index (χ1n) is 6.42. The fraction of sp³-hybridized carbons (Fsp3) is 0.0667. The van der Waals surface area contributed by atoms with Gasteiger partial charge in [0.05, 0.1) is 5.69 Å². The van der Waals surface area contributed by atoms with E-state index in [0.717, 1.165) is 23.8 Å². The maximum absolute atomic E-state index is 13.6. The highest BCUT2D eigenvalue weighted by Gasteiger charge is 2.20. The first kappa shape index (κ1) is 14.5. The Balaban J connectivity index is 2.07. The number of aromatic amines is 1. The van der Waals surface area contributed by atoms with Crippen LogP contribution < -0.4 is 4.72 Å². The lowest BCUT2D eigenvalue weighted by Gasteiger charge is -2.08. The molecule has 0 saturated carbocycles. The molecule has 0 spiro atoms. The molecule has 1 heterocycles. The van der Waals surface area contributed by atoms with Gasteiger partial charge >= 0.3 is 0 Å². The second-order valence-electron chi connectivity index (χ2n) is 4.93. The maximum atomic E-state index is 13.6. The molecule has 0 atom stereocenters. The van der Waals surface area contributed by atoms with E-state index in [1.165, 1.54) is 6.20 Å². The number of halogens is 2. The van der Waals surface area contributed by atoms with E-state index in [-0.39, 0.29) is 4.90 Å². The fourth-order valence-electron chi connectivity index (χ4n) is 2.21. The highest BCUT2D eigenvalue weighted by molar-refractivity contribution is 7.93. The Labute approximate surface area is 125 Å². The molecule has 0 bridgehead atoms. The van der Waals surface area contributed by atoms with E-state index in [0.29, 0.717) is 10.9 Å². The third-order valence-corrected chi connectivity index (χ3v) is 4.67. The summed E-state index contributed by atoms with van der Waals surface area (Å²) in [7, 11) is -4.04. The summed E-state index contributed by atoms with van der Waals surface area (Å²) in [4.78, 5) is 2.84. The topological polar surface area (TPSA) is 62.0 Å². The summed E-state index contributed by atoms with van der Waals surface area (Å²) in [5, 5.41) is 0.481. The smallest absolute Gasteiger partial charge is 0.264 e. The zero-order chi connectivity index (χ0) is 15.9. The average molecular weight is 322 g/mol. The zero-order valence-corrected chi connectivity index (χ0v) is 12.3. The van der Waals surface area contributed by atoms with E-state index < -0.39 is 27.3 Å². The summed E-state index contributed by atoms with van der Waals surface area (Å²) >= 11 is 0. The molecular formula is C15H12F2N2O2S. The van der Waals surface area contributed by atoms with Crippen molar-refractivity contribution in [2.45, 2.75) is 11.8 Å². The quantitative estimate of drug-likeness (QED) is 0.774. The Kier molecular flexibility index (Phi) is 3.37. The average Bonchev–Trinajstić information content (AvgIpc) is 2.86. The van der Waals surface area contributed by atoms with Gasteiger partial charge in [-0.3, -0.25) is 4.72 Å². The second kappa shape index (κ2) is 5.10. The molecule has 0 radical (unpaired) electrons. The van der Waals surface area contributed by atoms with Crippen LogP contribution in [0.1, 0.15) is 5.56 Å². The van der Waals surface area contributed by atoms with Crippen LogP contribution in [0.4, 0.5) is 14.5 Å². The molecule has 1 aromatic heterocycles. The summed E-state index contributed by atoms with van der Waals surface area (Å²) in [5.74, 6) is -1.57. The van der Waals surface area contributed by atoms with Crippen LogP contribution in [0.25, 0.3) is 10.9 Å². The van der Waals surface area contributed by atoms with Crippen molar-refractivity contribution in [1.29, 1.82) is 0 Å². The monoisotopic (exact) mass is 322 g/mol. The van der Waals surface area contributed by atoms with Crippen molar-refractivity contribution >= 4 is 26.6 Å². The highest BCUT2D eigenvalue weighted by atomic mass is 32.2. The first-order chi connectivity index (χ1) is 10.4. The number of anilines is 1. The molecule has 0 fully saturated rings. The van der Waals surface area contributed by atoms with E-state index in [1.54, 1.807) is 18.2 Å². The Hall–Kier alpha value is -2.41. The van der Waals surface area contributed by atoms with E-state index in [2.05, 4.69) is 9.71 Å². The van der Waals surface area contributed by atoms with Gasteiger partial charge in [0, 0.05) is 23.2 Å². The van der Waals surface area contributed by atoms with E-state index in [9.17, 15) is 17.2 Å². The third-order valence-electron chi connectivity index (χ3n) is 3.26. The van der Waals surface area contributed by atoms with Crippen LogP contribution in [0.5, 0.6) is 0 Å². The zero-order valence-electron chi connectivity index (χ0n) is 11.5. The van der Waals surface area contributed by atoms with Crippen molar-refractivity contribution < 1.29 is 17.2 Å². The largest absolute Gasteiger partial charge is 0.360 e. The predicted octanol–water partition coefficient (Wildman–Crippen LogP) is 3.56. The minimum atomic E-state index is -4.04. The third kappa shape index (κ3) is 2.55. The number of hydrogen-bond acceptors (Lipinski definition) is 2. The Morgan fingerprint density at radius 2 is 1.86 bits per heavy atom. The maximum Gasteiger partial charge on any atom is 0.264 e. The van der Waals surface area contributed by atoms with Gasteiger partial charge in [0.2, 0.25) is 0 Å². The Morgan fingerprint density at radius 1 is 1.09 bits per heavy atom. The van der Waals surface area contributed by atoms with Crippen LogP contribution in [0.15, 0.2) is 47.5 Å². The van der Waals surface area contributed by atoms with Crippen LogP contribution in [0.2, 0.25) is 0 Å². The second-order valence-corrected chi connectivity index (χ2v) is 6.58. The van der Waals surface area contributed by atoms with E-state index in [1.807, 2.05) is 6.92 Å². The first-order valence-corrected chi connectivity index (χ1v) is 7.91. The molecule has 0 aliphatic carbocycles. The number of rotatable bonds is 3. The van der Waals surface area contributed by atoms with Crippen LogP contribution >= 0.6 is 0 Å². The van der Waals surface area contributed by atoms with Crippen LogP contribution in [-0.4, -0.2) is 13.4 Å². The number of sulfonamides is 1. The molecule has 0 unspecified atom stereocenters. The van der Waals surface area contributed by atoms with Crippen molar-refractivity contribution in [3.63, 3.8) is 0 Å². The molecular weight excluding hydrogens is 310 g/mol. The van der Waals surface area contributed by atoms with Gasteiger partial charge in [0.25, 0.3) is 10.0 Å². The number of nitrogens with one attached hydrogen (secondary N) is 2. The van der Waals surface area contributed by atoms with Crippen LogP contribution in [-0.2, 0) is 10.0 Å². The molecule has 2 aromatic carbocycles. The van der Waals surface area contributed by atoms with Gasteiger partial charge in [0.15, 0.2) is 0 Å². The molecule has 3 aromatic rings. The standard InChI is InChI=1S/C15H12F2N2O2S/c1-9-2-4-11-13(6-9)18-8-15(11)22(20,21)19-14-7-10(16)3-5-12(14)17/h2-8,18-19H,1H3. The summed E-state index contributed by atoms with van der Waals surface area (Å²) < 4.78 is 53.6. The summed E-state index contributed by atoms with van der Waals surface area (Å²) in [6.07, 6.45) is 1.32. The van der Waals surface area contributed by atoms with Gasteiger partial charge in [-0.05, 0) is 30.7 Å². The molecule has 4 nitrogen and oxygen atoms in total. The van der Waals surface area contributed by atoms with Crippen LogP contribution in [0.3, 0.4) is 0 Å². The minimum absolute atomic E-state index is 0.0221. The molecule has 22 heavy (non-hydrogen) atoms. The number of H-pyrrole nitrogens is 1. The van der Waals surface area contributed by atoms with Crippen molar-refractivity contribution in [2.24, 2.45) is 0 Å². The molecule has 3 rings (SSSR count). The van der Waals surface area contributed by atoms with Gasteiger partial charge in [-0.1, -0.05) is 12.1 Å². The van der Waals surface area contributed by atoms with Gasteiger partial charge in [-0.2, -0.15) is 0 Å². The molecule has 0 aliphatic rings. The Morgan fingerprint density at radius 3 is 2.64 bits per heavy atom.